The van der Waals surface area contributed by atoms with Crippen LogP contribution < -0.4 is 5.32 Å². The van der Waals surface area contributed by atoms with Crippen molar-refractivity contribution < 1.29 is 23.1 Å². The fourth-order valence-electron chi connectivity index (χ4n) is 2.22. The first-order chi connectivity index (χ1) is 9.92. The van der Waals surface area contributed by atoms with E-state index in [-0.39, 0.29) is 11.9 Å². The molecule has 1 heterocycles. The van der Waals surface area contributed by atoms with E-state index in [0.29, 0.717) is 24.3 Å². The number of benzene rings is 1. The molecule has 1 saturated heterocycles. The number of nitrogens with one attached hydrogen (secondary N) is 1. The molecule has 1 aliphatic rings. The fraction of sp³-hybridized carbons (Fsp3) is 0.500. The number of sulfone groups is 1. The Morgan fingerprint density at radius 2 is 2.00 bits per heavy atom. The van der Waals surface area contributed by atoms with Crippen LogP contribution in [0.3, 0.4) is 0 Å². The van der Waals surface area contributed by atoms with Gasteiger partial charge in [-0.15, -0.1) is 0 Å². The smallest absolute Gasteiger partial charge is 0.332 e. The van der Waals surface area contributed by atoms with Gasteiger partial charge in [-0.05, 0) is 37.1 Å². The Kier molecular flexibility index (Phi) is 4.84. The first kappa shape index (κ1) is 15.8. The van der Waals surface area contributed by atoms with Gasteiger partial charge in [-0.2, -0.15) is 0 Å². The van der Waals surface area contributed by atoms with Crippen LogP contribution in [-0.2, 0) is 19.4 Å². The van der Waals surface area contributed by atoms with Gasteiger partial charge in [-0.3, -0.25) is 0 Å². The van der Waals surface area contributed by atoms with Crippen molar-refractivity contribution in [2.45, 2.75) is 36.9 Å². The first-order valence-electron chi connectivity index (χ1n) is 6.87. The average Bonchev–Trinajstić information content (AvgIpc) is 2.95. The molecule has 0 radical (unpaired) electrons. The van der Waals surface area contributed by atoms with Crippen molar-refractivity contribution in [3.8, 4) is 0 Å². The lowest BCUT2D eigenvalue weighted by Gasteiger charge is -2.13. The molecule has 2 atom stereocenters. The molecule has 116 valence electrons. The zero-order valence-electron chi connectivity index (χ0n) is 11.8. The van der Waals surface area contributed by atoms with Crippen LogP contribution >= 0.6 is 0 Å². The quantitative estimate of drug-likeness (QED) is 0.827. The van der Waals surface area contributed by atoms with Gasteiger partial charge >= 0.3 is 5.97 Å². The molecule has 2 rings (SSSR count). The Morgan fingerprint density at radius 3 is 2.52 bits per heavy atom. The second-order valence-corrected chi connectivity index (χ2v) is 7.25. The second-order valence-electron chi connectivity index (χ2n) is 4.97. The maximum Gasteiger partial charge on any atom is 0.332 e. The van der Waals surface area contributed by atoms with Gasteiger partial charge < -0.3 is 15.2 Å². The topological polar surface area (TPSA) is 92.7 Å². The highest BCUT2D eigenvalue weighted by Gasteiger charge is 2.30. The third-order valence-corrected chi connectivity index (χ3v) is 5.26. The van der Waals surface area contributed by atoms with E-state index in [1.807, 2.05) is 0 Å². The van der Waals surface area contributed by atoms with Gasteiger partial charge in [0.25, 0.3) is 0 Å². The number of anilines is 1. The lowest BCUT2D eigenvalue weighted by Crippen LogP contribution is -2.24. The molecule has 6 nitrogen and oxygen atoms in total. The van der Waals surface area contributed by atoms with Crippen LogP contribution in [0.4, 0.5) is 5.69 Å². The molecule has 1 aliphatic heterocycles. The van der Waals surface area contributed by atoms with E-state index >= 15 is 0 Å². The van der Waals surface area contributed by atoms with Crippen molar-refractivity contribution in [1.29, 1.82) is 0 Å². The summed E-state index contributed by atoms with van der Waals surface area (Å²) in [5.41, 5.74) is 0.785. The van der Waals surface area contributed by atoms with Crippen LogP contribution in [0.5, 0.6) is 0 Å². The molecule has 0 bridgehead atoms. The van der Waals surface area contributed by atoms with Gasteiger partial charge in [-0.25, -0.2) is 13.2 Å². The number of hydrogen-bond donors (Lipinski definition) is 2. The second kappa shape index (κ2) is 6.44. The van der Waals surface area contributed by atoms with Gasteiger partial charge in [-0.1, -0.05) is 6.92 Å². The lowest BCUT2D eigenvalue weighted by atomic mass is 10.2. The molecule has 21 heavy (non-hydrogen) atoms. The summed E-state index contributed by atoms with van der Waals surface area (Å²) in [6, 6.07) is 6.53. The first-order valence-corrected chi connectivity index (χ1v) is 8.52. The molecule has 0 saturated carbocycles. The van der Waals surface area contributed by atoms with Crippen LogP contribution in [0.25, 0.3) is 0 Å². The third kappa shape index (κ3) is 3.95. The molecular weight excluding hydrogens is 294 g/mol. The summed E-state index contributed by atoms with van der Waals surface area (Å²) in [4.78, 5) is 11.1. The summed E-state index contributed by atoms with van der Waals surface area (Å²) in [6.45, 7) is 2.11. The van der Waals surface area contributed by atoms with Gasteiger partial charge in [0.05, 0.1) is 16.8 Å². The largest absolute Gasteiger partial charge is 0.479 e. The minimum Gasteiger partial charge on any atom is -0.479 e. The van der Waals surface area contributed by atoms with Gasteiger partial charge in [0.2, 0.25) is 0 Å². The minimum absolute atomic E-state index is 0.0757. The monoisotopic (exact) mass is 313 g/mol. The van der Waals surface area contributed by atoms with Crippen molar-refractivity contribution in [3.05, 3.63) is 24.3 Å². The summed E-state index contributed by atoms with van der Waals surface area (Å²) in [5, 5.41) is 12.0. The number of rotatable bonds is 6. The molecule has 1 aromatic rings. The van der Waals surface area contributed by atoms with Gasteiger partial charge in [0.15, 0.2) is 15.9 Å². The van der Waals surface area contributed by atoms with Crippen molar-refractivity contribution in [2.75, 3.05) is 17.6 Å². The predicted octanol–water partition coefficient (Wildman–Crippen LogP) is 1.52. The molecule has 2 N–H and O–H groups in total. The maximum atomic E-state index is 11.7. The molecule has 7 heteroatoms. The number of aliphatic carboxylic acids is 1. The summed E-state index contributed by atoms with van der Waals surface area (Å²) in [5.74, 6) is -0.849. The van der Waals surface area contributed by atoms with Crippen molar-refractivity contribution in [2.24, 2.45) is 0 Å². The third-order valence-electron chi connectivity index (χ3n) is 3.51. The van der Waals surface area contributed by atoms with E-state index in [9.17, 15) is 13.2 Å². The number of ether oxygens (including phenoxy) is 1. The lowest BCUT2D eigenvalue weighted by molar-refractivity contribution is -0.149. The number of carboxylic acids is 1. The van der Waals surface area contributed by atoms with E-state index in [4.69, 9.17) is 9.84 Å². The highest BCUT2D eigenvalue weighted by Crippen LogP contribution is 2.21. The predicted molar refractivity (Wildman–Crippen MR) is 78.2 cm³/mol. The number of hydrogen-bond acceptors (Lipinski definition) is 5. The van der Waals surface area contributed by atoms with E-state index in [1.165, 1.54) is 0 Å². The summed E-state index contributed by atoms with van der Waals surface area (Å²) >= 11 is 0. The summed E-state index contributed by atoms with van der Waals surface area (Å²) in [7, 11) is -3.18. The van der Waals surface area contributed by atoms with Crippen molar-refractivity contribution in [3.63, 3.8) is 0 Å². The van der Waals surface area contributed by atoms with E-state index in [0.717, 1.165) is 5.69 Å². The van der Waals surface area contributed by atoms with Gasteiger partial charge in [0, 0.05) is 12.2 Å². The van der Waals surface area contributed by atoms with E-state index < -0.39 is 21.9 Å². The maximum absolute atomic E-state index is 11.7. The zero-order valence-corrected chi connectivity index (χ0v) is 12.6. The van der Waals surface area contributed by atoms with Crippen molar-refractivity contribution >= 4 is 21.5 Å². The van der Waals surface area contributed by atoms with Crippen LogP contribution in [0.2, 0.25) is 0 Å². The van der Waals surface area contributed by atoms with Crippen LogP contribution in [0.15, 0.2) is 29.2 Å². The standard InChI is InChI=1S/C14H19NO5S/c1-2-21(18,19)12-6-3-10(4-7-12)15-9-11-5-8-13(20-11)14(16)17/h3-4,6-7,11,13,15H,2,5,8-9H2,1H3,(H,16,17). The highest BCUT2D eigenvalue weighted by molar-refractivity contribution is 7.91. The fourth-order valence-corrected chi connectivity index (χ4v) is 3.10. The van der Waals surface area contributed by atoms with E-state index in [1.54, 1.807) is 31.2 Å². The Bertz CT molecular complexity index is 596. The van der Waals surface area contributed by atoms with Crippen molar-refractivity contribution in [1.82, 2.24) is 0 Å². The summed E-state index contributed by atoms with van der Waals surface area (Å²) < 4.78 is 28.7. The molecule has 2 unspecified atom stereocenters. The number of carboxylic acid groups (broad SMARTS) is 1. The minimum atomic E-state index is -3.18. The highest BCUT2D eigenvalue weighted by atomic mass is 32.2. The zero-order chi connectivity index (χ0) is 15.5. The molecule has 0 spiro atoms. The van der Waals surface area contributed by atoms with Crippen LogP contribution in [-0.4, -0.2) is 44.0 Å². The number of carbonyl (C=O) groups is 1. The van der Waals surface area contributed by atoms with Crippen LogP contribution in [0.1, 0.15) is 19.8 Å². The SMILES string of the molecule is CCS(=O)(=O)c1ccc(NCC2CCC(C(=O)O)O2)cc1. The molecule has 0 aliphatic carbocycles. The molecule has 1 fully saturated rings. The Morgan fingerprint density at radius 1 is 1.33 bits per heavy atom. The van der Waals surface area contributed by atoms with E-state index in [2.05, 4.69) is 5.32 Å². The molecule has 1 aromatic carbocycles. The molecule has 0 amide bonds. The normalized spacial score (nSPS) is 22.1. The Labute approximate surface area is 124 Å². The summed E-state index contributed by atoms with van der Waals surface area (Å²) in [6.07, 6.45) is 0.376. The molecule has 0 aromatic heterocycles. The van der Waals surface area contributed by atoms with Gasteiger partial charge in [0.1, 0.15) is 0 Å². The Hall–Kier alpha value is -1.60. The van der Waals surface area contributed by atoms with Crippen LogP contribution in [0, 0.1) is 0 Å². The average molecular weight is 313 g/mol. The molecular formula is C14H19NO5S. The Balaban J connectivity index is 1.89.